The Morgan fingerprint density at radius 1 is 0.489 bits per heavy atom. The fraction of sp³-hybridized carbons (Fsp3) is 0.0238. The molecule has 1 aliphatic heterocycles. The summed E-state index contributed by atoms with van der Waals surface area (Å²) < 4.78 is 2.37. The van der Waals surface area contributed by atoms with Gasteiger partial charge in [-0.2, -0.15) is 0 Å². The van der Waals surface area contributed by atoms with Crippen LogP contribution in [-0.4, -0.2) is 16.8 Å². The SMILES string of the molecule is c1ccc(-c2cc(-c3ccc4c(c3)c3ccccc3n4-c3ccccc3)cc3c2NCC3=Nc2ccc3ccccc3c2)cc1. The molecule has 0 saturated carbocycles. The van der Waals surface area contributed by atoms with Gasteiger partial charge in [-0.25, -0.2) is 0 Å². The minimum atomic E-state index is 0.690. The van der Waals surface area contributed by atoms with Crippen molar-refractivity contribution < 1.29 is 0 Å². The Hall–Kier alpha value is -5.93. The highest BCUT2D eigenvalue weighted by atomic mass is 15.0. The number of nitrogens with zero attached hydrogens (tertiary/aromatic N) is 2. The van der Waals surface area contributed by atoms with Crippen LogP contribution in [0.25, 0.3) is 60.5 Å². The summed E-state index contributed by atoms with van der Waals surface area (Å²) >= 11 is 0. The number of para-hydroxylation sites is 2. The molecule has 1 N–H and O–H groups in total. The van der Waals surface area contributed by atoms with Gasteiger partial charge in [0.1, 0.15) is 0 Å². The van der Waals surface area contributed by atoms with Crippen LogP contribution in [0.15, 0.2) is 163 Å². The molecule has 0 atom stereocenters. The average Bonchev–Trinajstić information content (AvgIpc) is 3.67. The van der Waals surface area contributed by atoms with Crippen LogP contribution in [0.1, 0.15) is 5.56 Å². The third-order valence-corrected chi connectivity index (χ3v) is 8.98. The standard InChI is InChI=1S/C42H29N3/c1-3-12-29(13-4-1)36-25-32(26-38-39(27-43-42(36)38)44-33-21-19-28-11-7-8-14-30(28)23-33)31-20-22-41-37(24-31)35-17-9-10-18-40(35)45(41)34-15-5-2-6-16-34/h1-26,43H,27H2. The predicted molar refractivity (Wildman–Crippen MR) is 190 cm³/mol. The largest absolute Gasteiger partial charge is 0.378 e. The Balaban J connectivity index is 1.24. The summed E-state index contributed by atoms with van der Waals surface area (Å²) in [7, 11) is 0. The normalized spacial score (nSPS) is 13.5. The number of aliphatic imine (C=N–C) groups is 1. The lowest BCUT2D eigenvalue weighted by atomic mass is 9.93. The molecule has 0 fully saturated rings. The van der Waals surface area contributed by atoms with Crippen LogP contribution in [0.3, 0.4) is 0 Å². The van der Waals surface area contributed by atoms with E-state index < -0.39 is 0 Å². The summed E-state index contributed by atoms with van der Waals surface area (Å²) in [5.74, 6) is 0. The van der Waals surface area contributed by atoms with Gasteiger partial charge in [-0.05, 0) is 82.1 Å². The van der Waals surface area contributed by atoms with Crippen molar-refractivity contribution in [1.29, 1.82) is 0 Å². The number of anilines is 1. The molecule has 0 saturated heterocycles. The molecule has 0 bridgehead atoms. The highest BCUT2D eigenvalue weighted by molar-refractivity contribution is 6.16. The predicted octanol–water partition coefficient (Wildman–Crippen LogP) is 10.8. The number of fused-ring (bicyclic) bond motifs is 5. The summed E-state index contributed by atoms with van der Waals surface area (Å²) in [6, 6.07) is 56.5. The Kier molecular flexibility index (Phi) is 5.88. The monoisotopic (exact) mass is 575 g/mol. The molecule has 212 valence electrons. The molecular weight excluding hydrogens is 546 g/mol. The van der Waals surface area contributed by atoms with Gasteiger partial charge < -0.3 is 9.88 Å². The van der Waals surface area contributed by atoms with Gasteiger partial charge in [0.2, 0.25) is 0 Å². The van der Waals surface area contributed by atoms with Crippen LogP contribution in [0.4, 0.5) is 11.4 Å². The van der Waals surface area contributed by atoms with Gasteiger partial charge >= 0.3 is 0 Å². The van der Waals surface area contributed by atoms with Crippen LogP contribution in [0, 0.1) is 0 Å². The zero-order valence-electron chi connectivity index (χ0n) is 24.6. The second-order valence-corrected chi connectivity index (χ2v) is 11.7. The Labute approximate surface area is 261 Å². The zero-order chi connectivity index (χ0) is 29.7. The van der Waals surface area contributed by atoms with E-state index in [1.165, 1.54) is 60.5 Å². The third-order valence-electron chi connectivity index (χ3n) is 8.98. The summed E-state index contributed by atoms with van der Waals surface area (Å²) in [5.41, 5.74) is 12.7. The van der Waals surface area contributed by atoms with Gasteiger partial charge in [-0.3, -0.25) is 4.99 Å². The van der Waals surface area contributed by atoms with E-state index >= 15 is 0 Å². The molecule has 8 aromatic rings. The van der Waals surface area contributed by atoms with Gasteiger partial charge in [-0.1, -0.05) is 103 Å². The second-order valence-electron chi connectivity index (χ2n) is 11.7. The fourth-order valence-corrected chi connectivity index (χ4v) is 6.85. The first-order valence-electron chi connectivity index (χ1n) is 15.4. The van der Waals surface area contributed by atoms with Crippen molar-refractivity contribution in [3.8, 4) is 27.9 Å². The van der Waals surface area contributed by atoms with Crippen LogP contribution < -0.4 is 5.32 Å². The topological polar surface area (TPSA) is 29.3 Å². The molecule has 3 nitrogen and oxygen atoms in total. The molecule has 0 spiro atoms. The highest BCUT2D eigenvalue weighted by Crippen LogP contribution is 2.41. The molecule has 0 radical (unpaired) electrons. The number of benzene rings is 7. The summed E-state index contributed by atoms with van der Waals surface area (Å²) in [6.45, 7) is 0.690. The number of nitrogens with one attached hydrogen (secondary N) is 1. The van der Waals surface area contributed by atoms with Crippen molar-refractivity contribution in [2.24, 2.45) is 4.99 Å². The zero-order valence-corrected chi connectivity index (χ0v) is 24.6. The third kappa shape index (κ3) is 4.32. The maximum absolute atomic E-state index is 5.20. The quantitative estimate of drug-likeness (QED) is 0.222. The average molecular weight is 576 g/mol. The molecule has 2 heterocycles. The van der Waals surface area contributed by atoms with Gasteiger partial charge in [0.05, 0.1) is 34.7 Å². The summed E-state index contributed by atoms with van der Waals surface area (Å²) in [5, 5.41) is 8.62. The van der Waals surface area contributed by atoms with Crippen molar-refractivity contribution in [3.63, 3.8) is 0 Å². The Morgan fingerprint density at radius 2 is 1.20 bits per heavy atom. The van der Waals surface area contributed by atoms with E-state index in [9.17, 15) is 0 Å². The van der Waals surface area contributed by atoms with Crippen molar-refractivity contribution in [1.82, 2.24) is 4.57 Å². The molecule has 1 aliphatic rings. The van der Waals surface area contributed by atoms with Crippen LogP contribution in [0.5, 0.6) is 0 Å². The lowest BCUT2D eigenvalue weighted by Crippen LogP contribution is -2.03. The van der Waals surface area contributed by atoms with E-state index in [2.05, 4.69) is 168 Å². The van der Waals surface area contributed by atoms with Gasteiger partial charge in [0.25, 0.3) is 0 Å². The maximum atomic E-state index is 5.20. The van der Waals surface area contributed by atoms with Gasteiger partial charge in [0, 0.05) is 27.6 Å². The minimum Gasteiger partial charge on any atom is -0.378 e. The lowest BCUT2D eigenvalue weighted by Gasteiger charge is -2.13. The second kappa shape index (κ2) is 10.4. The maximum Gasteiger partial charge on any atom is 0.0695 e. The van der Waals surface area contributed by atoms with E-state index in [4.69, 9.17) is 4.99 Å². The summed E-state index contributed by atoms with van der Waals surface area (Å²) in [6.07, 6.45) is 0. The first-order valence-corrected chi connectivity index (χ1v) is 15.4. The van der Waals surface area contributed by atoms with Crippen molar-refractivity contribution in [2.75, 3.05) is 11.9 Å². The molecule has 7 aromatic carbocycles. The van der Waals surface area contributed by atoms with E-state index in [0.717, 1.165) is 22.6 Å². The van der Waals surface area contributed by atoms with Crippen molar-refractivity contribution in [2.45, 2.75) is 0 Å². The Bertz CT molecular complexity index is 2420. The number of hydrogen-bond acceptors (Lipinski definition) is 2. The minimum absolute atomic E-state index is 0.690. The van der Waals surface area contributed by atoms with Crippen LogP contribution in [-0.2, 0) is 0 Å². The first-order chi connectivity index (χ1) is 22.3. The molecular formula is C42H29N3. The van der Waals surface area contributed by atoms with Crippen molar-refractivity contribution in [3.05, 3.63) is 163 Å². The van der Waals surface area contributed by atoms with E-state index in [-0.39, 0.29) is 0 Å². The molecule has 0 aliphatic carbocycles. The van der Waals surface area contributed by atoms with Crippen LogP contribution >= 0.6 is 0 Å². The number of rotatable bonds is 4. The molecule has 0 unspecified atom stereocenters. The summed E-state index contributed by atoms with van der Waals surface area (Å²) in [4.78, 5) is 5.20. The Morgan fingerprint density at radius 3 is 2.07 bits per heavy atom. The smallest absolute Gasteiger partial charge is 0.0695 e. The van der Waals surface area contributed by atoms with Gasteiger partial charge in [-0.15, -0.1) is 0 Å². The van der Waals surface area contributed by atoms with Crippen LogP contribution in [0.2, 0.25) is 0 Å². The highest BCUT2D eigenvalue weighted by Gasteiger charge is 2.23. The fourth-order valence-electron chi connectivity index (χ4n) is 6.85. The molecule has 9 rings (SSSR count). The number of aromatic nitrogens is 1. The molecule has 0 amide bonds. The molecule has 3 heteroatoms. The molecule has 45 heavy (non-hydrogen) atoms. The number of hydrogen-bond donors (Lipinski definition) is 1. The molecule has 1 aromatic heterocycles. The van der Waals surface area contributed by atoms with E-state index in [1.54, 1.807) is 0 Å². The first kappa shape index (κ1) is 25.6. The van der Waals surface area contributed by atoms with Gasteiger partial charge in [0.15, 0.2) is 0 Å². The van der Waals surface area contributed by atoms with E-state index in [0.29, 0.717) is 6.54 Å². The lowest BCUT2D eigenvalue weighted by molar-refractivity contribution is 1.18. The van der Waals surface area contributed by atoms with E-state index in [1.807, 2.05) is 0 Å². The van der Waals surface area contributed by atoms with Crippen molar-refractivity contribution >= 4 is 49.7 Å².